The van der Waals surface area contributed by atoms with Gasteiger partial charge in [0.05, 0.1) is 30.5 Å². The standard InChI is InChI=1S/C35H38FN5O5/c1-18-23-9-8-12-45-30(23)26(36)15-24(18)29-25-14-22(17-37-33(42)20-10-11-27-21(13-20)16-38-41(27)7)40(6)32(25)39-19(2)28(29)31(34(43)44)46-35(3,4)5/h10-11,13-16,31H,8-9,12,17H2,1-7H3,(H,37,42)(H,43,44). The number of aliphatic carboxylic acids is 1. The van der Waals surface area contributed by atoms with Crippen LogP contribution < -0.4 is 10.1 Å². The van der Waals surface area contributed by atoms with Gasteiger partial charge in [-0.15, -0.1) is 0 Å². The fourth-order valence-corrected chi connectivity index (χ4v) is 6.37. The maximum Gasteiger partial charge on any atom is 0.337 e. The van der Waals surface area contributed by atoms with Crippen LogP contribution in [0.1, 0.15) is 71.7 Å². The van der Waals surface area contributed by atoms with Crippen LogP contribution in [0.4, 0.5) is 4.39 Å². The lowest BCUT2D eigenvalue weighted by molar-refractivity contribution is -0.160. The van der Waals surface area contributed by atoms with E-state index in [0.29, 0.717) is 52.0 Å². The number of ether oxygens (including phenoxy) is 2. The topological polar surface area (TPSA) is 121 Å². The van der Waals surface area contributed by atoms with Crippen LogP contribution in [0.25, 0.3) is 33.1 Å². The van der Waals surface area contributed by atoms with E-state index in [-0.39, 0.29) is 18.2 Å². The summed E-state index contributed by atoms with van der Waals surface area (Å²) >= 11 is 0. The molecule has 1 aliphatic heterocycles. The summed E-state index contributed by atoms with van der Waals surface area (Å²) in [7, 11) is 3.69. The van der Waals surface area contributed by atoms with Crippen molar-refractivity contribution in [1.82, 2.24) is 24.6 Å². The molecule has 1 aliphatic rings. The van der Waals surface area contributed by atoms with Crippen molar-refractivity contribution in [2.75, 3.05) is 6.61 Å². The van der Waals surface area contributed by atoms with E-state index in [9.17, 15) is 14.7 Å². The van der Waals surface area contributed by atoms with Gasteiger partial charge in [0, 0.05) is 58.5 Å². The molecule has 0 spiro atoms. The maximum absolute atomic E-state index is 15.7. The molecule has 4 heterocycles. The lowest BCUT2D eigenvalue weighted by Crippen LogP contribution is -2.28. The molecular formula is C35H38FN5O5. The van der Waals surface area contributed by atoms with Gasteiger partial charge >= 0.3 is 5.97 Å². The highest BCUT2D eigenvalue weighted by atomic mass is 19.1. The third kappa shape index (κ3) is 5.49. The predicted octanol–water partition coefficient (Wildman–Crippen LogP) is 6.08. The molecule has 0 bridgehead atoms. The van der Waals surface area contributed by atoms with Gasteiger partial charge in [-0.2, -0.15) is 5.10 Å². The number of carboxylic acids is 1. The van der Waals surface area contributed by atoms with Gasteiger partial charge in [0.2, 0.25) is 0 Å². The minimum atomic E-state index is -1.37. The number of carboxylic acid groups (broad SMARTS) is 1. The molecule has 0 saturated heterocycles. The second kappa shape index (κ2) is 11.5. The summed E-state index contributed by atoms with van der Waals surface area (Å²) in [6.07, 6.45) is 1.75. The smallest absolute Gasteiger partial charge is 0.337 e. The lowest BCUT2D eigenvalue weighted by Gasteiger charge is -2.29. The summed E-state index contributed by atoms with van der Waals surface area (Å²) in [5.41, 5.74) is 5.44. The molecule has 1 atom stereocenters. The van der Waals surface area contributed by atoms with Gasteiger partial charge in [0.15, 0.2) is 17.7 Å². The molecule has 1 amide bonds. The molecule has 0 radical (unpaired) electrons. The average Bonchev–Trinajstić information content (AvgIpc) is 3.53. The minimum Gasteiger partial charge on any atom is -0.490 e. The number of halogens is 1. The Kier molecular flexibility index (Phi) is 7.84. The number of amides is 1. The summed E-state index contributed by atoms with van der Waals surface area (Å²) in [4.78, 5) is 30.9. The van der Waals surface area contributed by atoms with Gasteiger partial charge in [0.1, 0.15) is 5.65 Å². The Morgan fingerprint density at radius 1 is 1.17 bits per heavy atom. The normalized spacial score (nSPS) is 13.9. The number of nitrogens with one attached hydrogen (secondary N) is 1. The molecule has 10 nitrogen and oxygen atoms in total. The zero-order valence-electron chi connectivity index (χ0n) is 27.1. The fourth-order valence-electron chi connectivity index (χ4n) is 6.37. The quantitative estimate of drug-likeness (QED) is 0.224. The molecule has 0 saturated carbocycles. The van der Waals surface area contributed by atoms with Crippen LogP contribution in [0.3, 0.4) is 0 Å². The summed E-state index contributed by atoms with van der Waals surface area (Å²) in [6.45, 7) is 9.66. The van der Waals surface area contributed by atoms with Crippen molar-refractivity contribution in [3.63, 3.8) is 0 Å². The first-order valence-electron chi connectivity index (χ1n) is 15.3. The molecule has 2 aromatic carbocycles. The second-order valence-electron chi connectivity index (χ2n) is 12.9. The first kappa shape index (κ1) is 31.2. The largest absolute Gasteiger partial charge is 0.490 e. The Hall–Kier alpha value is -4.77. The van der Waals surface area contributed by atoms with Crippen LogP contribution in [0.15, 0.2) is 36.5 Å². The summed E-state index contributed by atoms with van der Waals surface area (Å²) < 4.78 is 31.1. The highest BCUT2D eigenvalue weighted by molar-refractivity contribution is 6.00. The van der Waals surface area contributed by atoms with E-state index < -0.39 is 23.5 Å². The molecule has 2 N–H and O–H groups in total. The van der Waals surface area contributed by atoms with Gasteiger partial charge in [0.25, 0.3) is 5.91 Å². The molecule has 46 heavy (non-hydrogen) atoms. The van der Waals surface area contributed by atoms with E-state index in [1.165, 1.54) is 6.07 Å². The van der Waals surface area contributed by atoms with E-state index >= 15 is 4.39 Å². The molecule has 1 unspecified atom stereocenters. The Labute approximate surface area is 266 Å². The van der Waals surface area contributed by atoms with Crippen molar-refractivity contribution in [1.29, 1.82) is 0 Å². The summed E-state index contributed by atoms with van der Waals surface area (Å²) in [5.74, 6) is -1.67. The van der Waals surface area contributed by atoms with E-state index in [4.69, 9.17) is 14.5 Å². The van der Waals surface area contributed by atoms with Gasteiger partial charge in [-0.25, -0.2) is 14.2 Å². The van der Waals surface area contributed by atoms with Crippen molar-refractivity contribution >= 4 is 33.8 Å². The van der Waals surface area contributed by atoms with E-state index in [0.717, 1.165) is 34.1 Å². The second-order valence-corrected chi connectivity index (χ2v) is 12.9. The first-order valence-corrected chi connectivity index (χ1v) is 15.3. The SMILES string of the molecule is Cc1nc2c(cc(CNC(=O)c3ccc4c(cnn4C)c3)n2C)c(-c2cc(F)c3c(c2C)CCCO3)c1C(OC(C)(C)C)C(=O)O. The van der Waals surface area contributed by atoms with Crippen LogP contribution in [0.5, 0.6) is 5.75 Å². The Bertz CT molecular complexity index is 2040. The number of aromatic nitrogens is 4. The Morgan fingerprint density at radius 2 is 1.93 bits per heavy atom. The van der Waals surface area contributed by atoms with Gasteiger partial charge in [-0.3, -0.25) is 9.48 Å². The van der Waals surface area contributed by atoms with E-state index in [1.54, 1.807) is 50.7 Å². The van der Waals surface area contributed by atoms with Gasteiger partial charge < -0.3 is 24.5 Å². The van der Waals surface area contributed by atoms with Crippen molar-refractivity contribution in [2.24, 2.45) is 14.1 Å². The molecule has 0 aliphatic carbocycles. The highest BCUT2D eigenvalue weighted by Gasteiger charge is 2.34. The first-order chi connectivity index (χ1) is 21.7. The van der Waals surface area contributed by atoms with E-state index in [1.807, 2.05) is 37.7 Å². The van der Waals surface area contributed by atoms with Gasteiger partial charge in [-0.1, -0.05) is 0 Å². The molecule has 5 aromatic rings. The number of benzene rings is 2. The minimum absolute atomic E-state index is 0.177. The molecule has 240 valence electrons. The number of pyridine rings is 1. The molecule has 0 fully saturated rings. The maximum atomic E-state index is 15.7. The summed E-state index contributed by atoms with van der Waals surface area (Å²) in [5, 5.41) is 19.2. The number of carbonyl (C=O) groups is 2. The predicted molar refractivity (Wildman–Crippen MR) is 172 cm³/mol. The monoisotopic (exact) mass is 627 g/mol. The fraction of sp³-hybridized carbons (Fsp3) is 0.371. The van der Waals surface area contributed by atoms with Crippen LogP contribution >= 0.6 is 0 Å². The number of hydrogen-bond donors (Lipinski definition) is 2. The zero-order valence-corrected chi connectivity index (χ0v) is 27.1. The van der Waals surface area contributed by atoms with Crippen LogP contribution in [-0.4, -0.2) is 48.5 Å². The molecule has 11 heteroatoms. The van der Waals surface area contributed by atoms with Gasteiger partial charge in [-0.05, 0) is 88.9 Å². The summed E-state index contributed by atoms with van der Waals surface area (Å²) in [6, 6.07) is 8.73. The zero-order chi connectivity index (χ0) is 33.1. The van der Waals surface area contributed by atoms with Crippen molar-refractivity contribution in [3.8, 4) is 16.9 Å². The molecule has 3 aromatic heterocycles. The molecule has 6 rings (SSSR count). The number of aryl methyl sites for hydroxylation is 3. The number of nitrogens with zero attached hydrogens (tertiary/aromatic N) is 4. The third-order valence-corrected chi connectivity index (χ3v) is 8.60. The average molecular weight is 628 g/mol. The highest BCUT2D eigenvalue weighted by Crippen LogP contribution is 2.44. The van der Waals surface area contributed by atoms with Crippen LogP contribution in [-0.2, 0) is 36.6 Å². The lowest BCUT2D eigenvalue weighted by atomic mass is 9.86. The van der Waals surface area contributed by atoms with Crippen molar-refractivity contribution in [2.45, 2.75) is 65.7 Å². The van der Waals surface area contributed by atoms with Crippen LogP contribution in [0, 0.1) is 19.7 Å². The van der Waals surface area contributed by atoms with Crippen LogP contribution in [0.2, 0.25) is 0 Å². The van der Waals surface area contributed by atoms with E-state index in [2.05, 4.69) is 10.4 Å². The number of rotatable bonds is 7. The number of fused-ring (bicyclic) bond motifs is 3. The Balaban J connectivity index is 1.50. The number of hydrogen-bond acceptors (Lipinski definition) is 6. The van der Waals surface area contributed by atoms with Crippen molar-refractivity contribution < 1.29 is 28.6 Å². The number of carbonyl (C=O) groups excluding carboxylic acids is 1. The van der Waals surface area contributed by atoms with Crippen molar-refractivity contribution in [3.05, 3.63) is 76.0 Å². The third-order valence-electron chi connectivity index (χ3n) is 8.60. The Morgan fingerprint density at radius 3 is 2.65 bits per heavy atom. The molecular weight excluding hydrogens is 589 g/mol.